The molecule has 2 N–H and O–H groups in total. The Hall–Kier alpha value is -4.33. The Balaban J connectivity index is 1.44. The van der Waals surface area contributed by atoms with Gasteiger partial charge in [0.1, 0.15) is 6.04 Å². The van der Waals surface area contributed by atoms with E-state index in [0.717, 1.165) is 10.5 Å². The molecule has 4 rings (SSSR count). The zero-order chi connectivity index (χ0) is 24.2. The van der Waals surface area contributed by atoms with Crippen molar-refractivity contribution in [3.05, 3.63) is 95.3 Å². The molecular weight excluding hydrogens is 432 g/mol. The first-order valence-corrected chi connectivity index (χ1v) is 10.9. The van der Waals surface area contributed by atoms with Gasteiger partial charge in [0.15, 0.2) is 0 Å². The number of fused-ring (bicyclic) bond motifs is 1. The van der Waals surface area contributed by atoms with Crippen LogP contribution in [-0.2, 0) is 11.3 Å². The van der Waals surface area contributed by atoms with Crippen LogP contribution in [0, 0.1) is 5.92 Å². The van der Waals surface area contributed by atoms with Gasteiger partial charge in [-0.25, -0.2) is 0 Å². The molecule has 0 bridgehead atoms. The summed E-state index contributed by atoms with van der Waals surface area (Å²) in [6.45, 7) is 3.76. The van der Waals surface area contributed by atoms with Crippen LogP contribution < -0.4 is 10.6 Å². The number of aromatic nitrogens is 1. The number of nitrogens with zero attached hydrogens (tertiary/aromatic N) is 2. The number of nitrogens with one attached hydrogen (secondary N) is 2. The van der Waals surface area contributed by atoms with Gasteiger partial charge in [-0.05, 0) is 47.9 Å². The standard InChI is InChI=1S/C26H24N4O4/c1-16(2)22(30-25(33)20-8-3-4-9-21(20)26(30)34)24(32)28-15-17-6-5-7-19(14-17)29-23(31)18-10-12-27-13-11-18/h3-14,16,22H,15H2,1-2H3,(H,28,32)(H,29,31). The van der Waals surface area contributed by atoms with Crippen molar-refractivity contribution in [2.75, 3.05) is 5.32 Å². The Kier molecular flexibility index (Phi) is 6.49. The molecule has 1 aromatic heterocycles. The van der Waals surface area contributed by atoms with Crippen LogP contribution in [0.4, 0.5) is 5.69 Å². The number of carbonyl (C=O) groups is 4. The van der Waals surface area contributed by atoms with Gasteiger partial charge in [0.05, 0.1) is 11.1 Å². The van der Waals surface area contributed by atoms with Crippen LogP contribution in [0.2, 0.25) is 0 Å². The fourth-order valence-corrected chi connectivity index (χ4v) is 3.94. The fourth-order valence-electron chi connectivity index (χ4n) is 3.94. The molecule has 0 saturated carbocycles. The third-order valence-electron chi connectivity index (χ3n) is 5.60. The van der Waals surface area contributed by atoms with E-state index < -0.39 is 23.8 Å². The molecule has 2 heterocycles. The van der Waals surface area contributed by atoms with Crippen molar-refractivity contribution in [2.24, 2.45) is 5.92 Å². The number of amides is 4. The number of hydrogen-bond donors (Lipinski definition) is 2. The lowest BCUT2D eigenvalue weighted by Gasteiger charge is -2.28. The molecule has 34 heavy (non-hydrogen) atoms. The molecule has 0 radical (unpaired) electrons. The lowest BCUT2D eigenvalue weighted by Crippen LogP contribution is -2.52. The summed E-state index contributed by atoms with van der Waals surface area (Å²) < 4.78 is 0. The second kappa shape index (κ2) is 9.66. The number of pyridine rings is 1. The van der Waals surface area contributed by atoms with Gasteiger partial charge >= 0.3 is 0 Å². The van der Waals surface area contributed by atoms with Crippen LogP contribution in [-0.4, -0.2) is 39.6 Å². The molecule has 4 amide bonds. The van der Waals surface area contributed by atoms with Gasteiger partial charge in [-0.15, -0.1) is 0 Å². The molecule has 0 saturated heterocycles. The lowest BCUT2D eigenvalue weighted by molar-refractivity contribution is -0.126. The minimum Gasteiger partial charge on any atom is -0.350 e. The second-order valence-corrected chi connectivity index (χ2v) is 8.32. The summed E-state index contributed by atoms with van der Waals surface area (Å²) in [4.78, 5) is 56.2. The third-order valence-corrected chi connectivity index (χ3v) is 5.60. The van der Waals surface area contributed by atoms with E-state index in [9.17, 15) is 19.2 Å². The van der Waals surface area contributed by atoms with Gasteiger partial charge < -0.3 is 10.6 Å². The van der Waals surface area contributed by atoms with Crippen molar-refractivity contribution in [2.45, 2.75) is 26.4 Å². The number of hydrogen-bond acceptors (Lipinski definition) is 5. The molecule has 3 aromatic rings. The summed E-state index contributed by atoms with van der Waals surface area (Å²) in [6, 6.07) is 16.0. The molecule has 1 aliphatic rings. The summed E-state index contributed by atoms with van der Waals surface area (Å²) in [5, 5.41) is 5.65. The number of anilines is 1. The first-order valence-electron chi connectivity index (χ1n) is 10.9. The Morgan fingerprint density at radius 2 is 1.56 bits per heavy atom. The Morgan fingerprint density at radius 1 is 0.912 bits per heavy atom. The van der Waals surface area contributed by atoms with Gasteiger partial charge in [-0.2, -0.15) is 0 Å². The predicted octanol–water partition coefficient (Wildman–Crippen LogP) is 3.27. The van der Waals surface area contributed by atoms with Crippen molar-refractivity contribution in [1.29, 1.82) is 0 Å². The van der Waals surface area contributed by atoms with E-state index in [4.69, 9.17) is 0 Å². The lowest BCUT2D eigenvalue weighted by atomic mass is 10.0. The first kappa shape index (κ1) is 22.8. The van der Waals surface area contributed by atoms with E-state index in [1.165, 1.54) is 0 Å². The number of benzene rings is 2. The molecule has 1 aliphatic heterocycles. The zero-order valence-corrected chi connectivity index (χ0v) is 18.8. The summed E-state index contributed by atoms with van der Waals surface area (Å²) in [7, 11) is 0. The molecule has 0 spiro atoms. The zero-order valence-electron chi connectivity index (χ0n) is 18.8. The van der Waals surface area contributed by atoms with Crippen molar-refractivity contribution in [3.63, 3.8) is 0 Å². The topological polar surface area (TPSA) is 108 Å². The molecule has 1 unspecified atom stereocenters. The number of rotatable bonds is 7. The molecule has 172 valence electrons. The fraction of sp³-hybridized carbons (Fsp3) is 0.192. The molecule has 0 fully saturated rings. The SMILES string of the molecule is CC(C)C(C(=O)NCc1cccc(NC(=O)c2ccncc2)c1)N1C(=O)c2ccccc2C1=O. The van der Waals surface area contributed by atoms with Crippen LogP contribution in [0.3, 0.4) is 0 Å². The van der Waals surface area contributed by atoms with Gasteiger partial charge in [0.25, 0.3) is 17.7 Å². The monoisotopic (exact) mass is 456 g/mol. The largest absolute Gasteiger partial charge is 0.350 e. The second-order valence-electron chi connectivity index (χ2n) is 8.32. The van der Waals surface area contributed by atoms with Crippen LogP contribution in [0.25, 0.3) is 0 Å². The summed E-state index contributed by atoms with van der Waals surface area (Å²) in [5.41, 5.74) is 2.43. The molecule has 8 heteroatoms. The first-order chi connectivity index (χ1) is 16.4. The third kappa shape index (κ3) is 4.56. The quantitative estimate of drug-likeness (QED) is 0.531. The minimum atomic E-state index is -0.943. The highest BCUT2D eigenvalue weighted by molar-refractivity contribution is 6.22. The maximum atomic E-state index is 13.1. The highest BCUT2D eigenvalue weighted by Gasteiger charge is 2.43. The number of imide groups is 1. The molecule has 1 atom stereocenters. The van der Waals surface area contributed by atoms with Crippen LogP contribution in [0.5, 0.6) is 0 Å². The van der Waals surface area contributed by atoms with Gasteiger partial charge in [0.2, 0.25) is 5.91 Å². The number of carbonyl (C=O) groups excluding carboxylic acids is 4. The molecule has 2 aromatic carbocycles. The maximum absolute atomic E-state index is 13.1. The average molecular weight is 457 g/mol. The van der Waals surface area contributed by atoms with Crippen molar-refractivity contribution >= 4 is 29.3 Å². The van der Waals surface area contributed by atoms with Gasteiger partial charge in [-0.1, -0.05) is 38.1 Å². The van der Waals surface area contributed by atoms with Gasteiger partial charge in [-0.3, -0.25) is 29.1 Å². The van der Waals surface area contributed by atoms with E-state index >= 15 is 0 Å². The highest BCUT2D eigenvalue weighted by Crippen LogP contribution is 2.27. The van der Waals surface area contributed by atoms with E-state index in [1.54, 1.807) is 80.8 Å². The van der Waals surface area contributed by atoms with Crippen LogP contribution >= 0.6 is 0 Å². The van der Waals surface area contributed by atoms with Gasteiger partial charge in [0, 0.05) is 30.2 Å². The van der Waals surface area contributed by atoms with Crippen molar-refractivity contribution < 1.29 is 19.2 Å². The summed E-state index contributed by atoms with van der Waals surface area (Å²) >= 11 is 0. The van der Waals surface area contributed by atoms with E-state index in [1.807, 2.05) is 6.07 Å². The van der Waals surface area contributed by atoms with Crippen molar-refractivity contribution in [1.82, 2.24) is 15.2 Å². The summed E-state index contributed by atoms with van der Waals surface area (Å²) in [5.74, 6) is -1.90. The summed E-state index contributed by atoms with van der Waals surface area (Å²) in [6.07, 6.45) is 3.08. The predicted molar refractivity (Wildman–Crippen MR) is 126 cm³/mol. The van der Waals surface area contributed by atoms with E-state index in [0.29, 0.717) is 22.4 Å². The Labute approximate surface area is 197 Å². The maximum Gasteiger partial charge on any atom is 0.262 e. The van der Waals surface area contributed by atoms with Crippen LogP contribution in [0.1, 0.15) is 50.5 Å². The average Bonchev–Trinajstić information content (AvgIpc) is 3.09. The van der Waals surface area contributed by atoms with Crippen LogP contribution in [0.15, 0.2) is 73.1 Å². The minimum absolute atomic E-state index is 0.171. The van der Waals surface area contributed by atoms with E-state index in [2.05, 4.69) is 15.6 Å². The molecule has 8 nitrogen and oxygen atoms in total. The molecular formula is C26H24N4O4. The van der Waals surface area contributed by atoms with E-state index in [-0.39, 0.29) is 18.4 Å². The molecule has 0 aliphatic carbocycles. The normalized spacial score (nSPS) is 13.6. The Morgan fingerprint density at radius 3 is 2.18 bits per heavy atom. The smallest absolute Gasteiger partial charge is 0.262 e. The van der Waals surface area contributed by atoms with Crippen molar-refractivity contribution in [3.8, 4) is 0 Å². The Bertz CT molecular complexity index is 1220. The highest BCUT2D eigenvalue weighted by atomic mass is 16.2.